The summed E-state index contributed by atoms with van der Waals surface area (Å²) in [5, 5.41) is 0.576. The molecular weight excluding hydrogens is 318 g/mol. The minimum absolute atomic E-state index is 0.0610. The first-order chi connectivity index (χ1) is 12.2. The first-order valence-corrected chi connectivity index (χ1v) is 8.29. The average molecular weight is 337 g/mol. The van der Waals surface area contributed by atoms with Crippen molar-refractivity contribution in [2.24, 2.45) is 0 Å². The van der Waals surface area contributed by atoms with E-state index in [0.29, 0.717) is 36.6 Å². The minimum Gasteiger partial charge on any atom is -0.440 e. The van der Waals surface area contributed by atoms with Crippen molar-refractivity contribution in [3.63, 3.8) is 0 Å². The van der Waals surface area contributed by atoms with E-state index in [1.54, 1.807) is 6.07 Å². The van der Waals surface area contributed by atoms with Crippen LogP contribution < -0.4 is 10.3 Å². The zero-order valence-electron chi connectivity index (χ0n) is 14.0. The minimum atomic E-state index is -0.296. The molecule has 0 spiro atoms. The maximum absolute atomic E-state index is 12.6. The number of benzene rings is 2. The first-order valence-electron chi connectivity index (χ1n) is 8.29. The second kappa shape index (κ2) is 6.70. The molecule has 25 heavy (non-hydrogen) atoms. The Morgan fingerprint density at radius 2 is 1.80 bits per heavy atom. The number of para-hydroxylation sites is 1. The molecule has 1 fully saturated rings. The maximum Gasteiger partial charge on any atom is 0.199 e. The Morgan fingerprint density at radius 3 is 2.56 bits per heavy atom. The van der Waals surface area contributed by atoms with Crippen LogP contribution in [0.2, 0.25) is 0 Å². The van der Waals surface area contributed by atoms with Crippen molar-refractivity contribution in [3.05, 3.63) is 64.8 Å². The molecule has 1 saturated heterocycles. The Bertz CT molecular complexity index is 929. The zero-order chi connectivity index (χ0) is 17.2. The number of ether oxygens (including phenoxy) is 2. The lowest BCUT2D eigenvalue weighted by Gasteiger charge is -2.21. The molecule has 0 N–H and O–H groups in total. The summed E-state index contributed by atoms with van der Waals surface area (Å²) in [4.78, 5) is 14.4. The van der Waals surface area contributed by atoms with E-state index in [1.165, 1.54) is 6.07 Å². The van der Waals surface area contributed by atoms with Gasteiger partial charge in [-0.2, -0.15) is 0 Å². The largest absolute Gasteiger partial charge is 0.440 e. The second-order valence-electron chi connectivity index (χ2n) is 6.05. The monoisotopic (exact) mass is 337 g/mol. The van der Waals surface area contributed by atoms with E-state index >= 15 is 0 Å². The summed E-state index contributed by atoms with van der Waals surface area (Å²) in [6.07, 6.45) is -0.296. The van der Waals surface area contributed by atoms with Crippen molar-refractivity contribution in [2.75, 3.05) is 31.7 Å². The molecule has 1 aliphatic rings. The Labute approximate surface area is 145 Å². The van der Waals surface area contributed by atoms with Gasteiger partial charge in [0.25, 0.3) is 0 Å². The fourth-order valence-corrected chi connectivity index (χ4v) is 3.02. The summed E-state index contributed by atoms with van der Waals surface area (Å²) >= 11 is 0. The van der Waals surface area contributed by atoms with Crippen LogP contribution in [-0.2, 0) is 9.47 Å². The molecule has 0 atom stereocenters. The number of hydrogen-bond donors (Lipinski definition) is 0. The molecule has 0 unspecified atom stereocenters. The summed E-state index contributed by atoms with van der Waals surface area (Å²) < 4.78 is 17.1. The van der Waals surface area contributed by atoms with Crippen LogP contribution >= 0.6 is 0 Å². The Hall–Kier alpha value is -2.63. The lowest BCUT2D eigenvalue weighted by molar-refractivity contribution is -0.0340. The van der Waals surface area contributed by atoms with E-state index in [4.69, 9.17) is 13.9 Å². The van der Waals surface area contributed by atoms with Crippen LogP contribution in [0.25, 0.3) is 22.1 Å². The topological polar surface area (TPSA) is 51.9 Å². The molecule has 0 amide bonds. The summed E-state index contributed by atoms with van der Waals surface area (Å²) in [5.74, 6) is 0.500. The van der Waals surface area contributed by atoms with Gasteiger partial charge in [-0.05, 0) is 11.6 Å². The Morgan fingerprint density at radius 1 is 1.04 bits per heavy atom. The van der Waals surface area contributed by atoms with Crippen molar-refractivity contribution in [1.82, 2.24) is 0 Å². The van der Waals surface area contributed by atoms with E-state index in [-0.39, 0.29) is 11.7 Å². The van der Waals surface area contributed by atoms with Crippen LogP contribution in [0.1, 0.15) is 0 Å². The molecule has 2 aromatic carbocycles. The lowest BCUT2D eigenvalue weighted by atomic mass is 10.0. The molecule has 1 aliphatic heterocycles. The van der Waals surface area contributed by atoms with Crippen LogP contribution in [0.15, 0.2) is 63.8 Å². The summed E-state index contributed by atoms with van der Waals surface area (Å²) in [5.41, 5.74) is 2.45. The fraction of sp³-hybridized carbons (Fsp3) is 0.250. The number of likely N-dealkylation sites (N-methyl/N-ethyl adjacent to an activating group) is 1. The van der Waals surface area contributed by atoms with Gasteiger partial charge in [-0.3, -0.25) is 4.79 Å². The molecule has 5 nitrogen and oxygen atoms in total. The molecule has 5 heteroatoms. The highest BCUT2D eigenvalue weighted by atomic mass is 16.7. The van der Waals surface area contributed by atoms with Gasteiger partial charge in [-0.15, -0.1) is 0 Å². The number of hydrogen-bond acceptors (Lipinski definition) is 5. The predicted molar refractivity (Wildman–Crippen MR) is 96.9 cm³/mol. The van der Waals surface area contributed by atoms with Crippen LogP contribution in [-0.4, -0.2) is 33.1 Å². The number of nitrogens with zero attached hydrogens (tertiary/aromatic N) is 1. The molecule has 1 aromatic heterocycles. The summed E-state index contributed by atoms with van der Waals surface area (Å²) in [6.45, 7) is 1.69. The average Bonchev–Trinajstić information content (AvgIpc) is 3.15. The SMILES string of the molecule is CN(CC1OCCO1)c1cc(=O)c2cccc(-c3ccccc3)c2o1. The van der Waals surface area contributed by atoms with Crippen molar-refractivity contribution in [3.8, 4) is 11.1 Å². The first kappa shape index (κ1) is 15.9. The molecule has 0 radical (unpaired) electrons. The summed E-state index contributed by atoms with van der Waals surface area (Å²) in [7, 11) is 1.86. The highest BCUT2D eigenvalue weighted by Crippen LogP contribution is 2.29. The predicted octanol–water partition coefficient (Wildman–Crippen LogP) is 3.27. The Kier molecular flexibility index (Phi) is 4.26. The van der Waals surface area contributed by atoms with Gasteiger partial charge in [0.05, 0.1) is 25.1 Å². The zero-order valence-corrected chi connectivity index (χ0v) is 14.0. The third kappa shape index (κ3) is 3.16. The van der Waals surface area contributed by atoms with Gasteiger partial charge in [0.2, 0.25) is 0 Å². The van der Waals surface area contributed by atoms with E-state index in [1.807, 2.05) is 54.4 Å². The third-order valence-electron chi connectivity index (χ3n) is 4.32. The van der Waals surface area contributed by atoms with Crippen LogP contribution in [0.5, 0.6) is 0 Å². The van der Waals surface area contributed by atoms with Gasteiger partial charge in [0, 0.05) is 18.7 Å². The Balaban J connectivity index is 1.78. The van der Waals surface area contributed by atoms with Gasteiger partial charge < -0.3 is 18.8 Å². The second-order valence-corrected chi connectivity index (χ2v) is 6.05. The van der Waals surface area contributed by atoms with Crippen molar-refractivity contribution in [1.29, 1.82) is 0 Å². The van der Waals surface area contributed by atoms with E-state index in [0.717, 1.165) is 11.1 Å². The summed E-state index contributed by atoms with van der Waals surface area (Å²) in [6, 6.07) is 17.1. The smallest absolute Gasteiger partial charge is 0.199 e. The van der Waals surface area contributed by atoms with E-state index < -0.39 is 0 Å². The third-order valence-corrected chi connectivity index (χ3v) is 4.32. The van der Waals surface area contributed by atoms with Crippen molar-refractivity contribution >= 4 is 16.9 Å². The molecule has 0 aliphatic carbocycles. The van der Waals surface area contributed by atoms with E-state index in [2.05, 4.69) is 0 Å². The standard InChI is InChI=1S/C20H19NO4/c1-21(13-19-23-10-11-24-19)18-12-17(22)16-9-5-8-15(20(16)25-18)14-6-3-2-4-7-14/h2-9,12,19H,10-11,13H2,1H3. The molecule has 0 saturated carbocycles. The van der Waals surface area contributed by atoms with Crippen LogP contribution in [0, 0.1) is 0 Å². The van der Waals surface area contributed by atoms with Gasteiger partial charge in [-0.25, -0.2) is 0 Å². The molecule has 128 valence electrons. The van der Waals surface area contributed by atoms with E-state index in [9.17, 15) is 4.79 Å². The highest BCUT2D eigenvalue weighted by Gasteiger charge is 2.20. The number of fused-ring (bicyclic) bond motifs is 1. The van der Waals surface area contributed by atoms with Crippen molar-refractivity contribution < 1.29 is 13.9 Å². The maximum atomic E-state index is 12.6. The quantitative estimate of drug-likeness (QED) is 0.731. The van der Waals surface area contributed by atoms with Gasteiger partial charge in [0.1, 0.15) is 5.58 Å². The van der Waals surface area contributed by atoms with Crippen LogP contribution in [0.3, 0.4) is 0 Å². The number of anilines is 1. The normalized spacial score (nSPS) is 14.9. The van der Waals surface area contributed by atoms with Crippen LogP contribution in [0.4, 0.5) is 5.88 Å². The molecule has 0 bridgehead atoms. The van der Waals surface area contributed by atoms with Crippen molar-refractivity contribution in [2.45, 2.75) is 6.29 Å². The lowest BCUT2D eigenvalue weighted by Crippen LogP contribution is -2.30. The molecule has 4 rings (SSSR count). The molecule has 2 heterocycles. The molecular formula is C20H19NO4. The highest BCUT2D eigenvalue weighted by molar-refractivity contribution is 5.92. The van der Waals surface area contributed by atoms with Gasteiger partial charge in [0.15, 0.2) is 17.6 Å². The van der Waals surface area contributed by atoms with Gasteiger partial charge >= 0.3 is 0 Å². The fourth-order valence-electron chi connectivity index (χ4n) is 3.02. The van der Waals surface area contributed by atoms with Gasteiger partial charge in [-0.1, -0.05) is 42.5 Å². The molecule has 3 aromatic rings. The number of rotatable bonds is 4.